The number of nitrogens with one attached hydrogen (secondary N) is 1. The van der Waals surface area contributed by atoms with Crippen LogP contribution >= 0.6 is 0 Å². The normalized spacial score (nSPS) is 22.6. The molecule has 1 saturated carbocycles. The molecule has 5 heteroatoms. The minimum Gasteiger partial charge on any atom is -0.390 e. The van der Waals surface area contributed by atoms with E-state index in [-0.39, 0.29) is 11.9 Å². The molecule has 2 fully saturated rings. The van der Waals surface area contributed by atoms with E-state index in [0.29, 0.717) is 19.0 Å². The average Bonchev–Trinajstić information content (AvgIpc) is 3.10. The molecule has 3 rings (SSSR count). The SMILES string of the molecule is OC(CNC(c1cccc(F)c1)C1CCCC1)CN1CCOCC1. The van der Waals surface area contributed by atoms with Gasteiger partial charge in [-0.2, -0.15) is 0 Å². The van der Waals surface area contributed by atoms with Gasteiger partial charge in [-0.15, -0.1) is 0 Å². The van der Waals surface area contributed by atoms with Crippen LogP contribution < -0.4 is 5.32 Å². The molecule has 2 unspecified atom stereocenters. The second-order valence-corrected chi connectivity index (χ2v) is 7.05. The van der Waals surface area contributed by atoms with Gasteiger partial charge in [0.1, 0.15) is 5.82 Å². The van der Waals surface area contributed by atoms with Crippen LogP contribution in [0.2, 0.25) is 0 Å². The quantitative estimate of drug-likeness (QED) is 0.802. The van der Waals surface area contributed by atoms with E-state index in [1.807, 2.05) is 6.07 Å². The molecule has 2 aliphatic rings. The Morgan fingerprint density at radius 1 is 1.25 bits per heavy atom. The van der Waals surface area contributed by atoms with E-state index in [1.165, 1.54) is 31.7 Å². The van der Waals surface area contributed by atoms with E-state index >= 15 is 0 Å². The van der Waals surface area contributed by atoms with Crippen molar-refractivity contribution in [1.82, 2.24) is 10.2 Å². The first-order valence-corrected chi connectivity index (χ1v) is 9.19. The largest absolute Gasteiger partial charge is 0.390 e. The molecule has 1 saturated heterocycles. The fourth-order valence-electron chi connectivity index (χ4n) is 3.96. The lowest BCUT2D eigenvalue weighted by Crippen LogP contribution is -2.44. The number of halogens is 1. The Morgan fingerprint density at radius 2 is 2.00 bits per heavy atom. The van der Waals surface area contributed by atoms with Gasteiger partial charge in [-0.05, 0) is 36.5 Å². The third-order valence-electron chi connectivity index (χ3n) is 5.23. The molecule has 1 aliphatic heterocycles. The molecule has 134 valence electrons. The topological polar surface area (TPSA) is 44.7 Å². The van der Waals surface area contributed by atoms with Crippen molar-refractivity contribution in [2.24, 2.45) is 5.92 Å². The second-order valence-electron chi connectivity index (χ2n) is 7.05. The molecule has 1 aromatic carbocycles. The van der Waals surface area contributed by atoms with Crippen LogP contribution in [0.3, 0.4) is 0 Å². The number of aliphatic hydroxyl groups is 1. The van der Waals surface area contributed by atoms with Gasteiger partial charge in [0, 0.05) is 32.2 Å². The van der Waals surface area contributed by atoms with Gasteiger partial charge < -0.3 is 15.2 Å². The van der Waals surface area contributed by atoms with Gasteiger partial charge >= 0.3 is 0 Å². The number of benzene rings is 1. The Morgan fingerprint density at radius 3 is 2.71 bits per heavy atom. The number of aliphatic hydroxyl groups excluding tert-OH is 1. The molecule has 2 N–H and O–H groups in total. The van der Waals surface area contributed by atoms with Gasteiger partial charge in [-0.25, -0.2) is 4.39 Å². The van der Waals surface area contributed by atoms with Gasteiger partial charge in [0.2, 0.25) is 0 Å². The Balaban J connectivity index is 1.57. The number of hydrogen-bond donors (Lipinski definition) is 2. The van der Waals surface area contributed by atoms with E-state index in [0.717, 1.165) is 31.9 Å². The zero-order chi connectivity index (χ0) is 16.8. The summed E-state index contributed by atoms with van der Waals surface area (Å²) in [5.41, 5.74) is 1.00. The number of morpholine rings is 1. The third kappa shape index (κ3) is 4.99. The molecule has 1 heterocycles. The molecule has 2 atom stereocenters. The lowest BCUT2D eigenvalue weighted by molar-refractivity contribution is 0.0141. The van der Waals surface area contributed by atoms with Gasteiger partial charge in [-0.3, -0.25) is 4.90 Å². The average molecular weight is 336 g/mol. The summed E-state index contributed by atoms with van der Waals surface area (Å²) in [7, 11) is 0. The van der Waals surface area contributed by atoms with E-state index in [1.54, 1.807) is 12.1 Å². The summed E-state index contributed by atoms with van der Waals surface area (Å²) in [4.78, 5) is 2.24. The highest BCUT2D eigenvalue weighted by molar-refractivity contribution is 5.21. The molecule has 4 nitrogen and oxygen atoms in total. The van der Waals surface area contributed by atoms with Crippen molar-refractivity contribution < 1.29 is 14.2 Å². The fourth-order valence-corrected chi connectivity index (χ4v) is 3.96. The molecular weight excluding hydrogens is 307 g/mol. The van der Waals surface area contributed by atoms with E-state index < -0.39 is 6.10 Å². The molecule has 0 aromatic heterocycles. The van der Waals surface area contributed by atoms with Gasteiger partial charge in [0.05, 0.1) is 19.3 Å². The maximum absolute atomic E-state index is 13.6. The van der Waals surface area contributed by atoms with E-state index in [2.05, 4.69) is 10.2 Å². The zero-order valence-electron chi connectivity index (χ0n) is 14.3. The van der Waals surface area contributed by atoms with Crippen molar-refractivity contribution in [3.63, 3.8) is 0 Å². The standard InChI is InChI=1S/C19H29FN2O2/c20-17-7-3-6-16(12-17)19(15-4-1-2-5-15)21-13-18(23)14-22-8-10-24-11-9-22/h3,6-7,12,15,18-19,21,23H,1-2,4-5,8-11,13-14H2. The first-order valence-electron chi connectivity index (χ1n) is 9.19. The first kappa shape index (κ1) is 17.8. The Hall–Kier alpha value is -1.01. The summed E-state index contributed by atoms with van der Waals surface area (Å²) >= 11 is 0. The third-order valence-corrected chi connectivity index (χ3v) is 5.23. The Labute approximate surface area is 144 Å². The minimum atomic E-state index is -0.416. The van der Waals surface area contributed by atoms with Crippen LogP contribution in [0.1, 0.15) is 37.3 Å². The molecule has 24 heavy (non-hydrogen) atoms. The summed E-state index contributed by atoms with van der Waals surface area (Å²) in [5.74, 6) is 0.341. The van der Waals surface area contributed by atoms with Crippen LogP contribution in [0.15, 0.2) is 24.3 Å². The van der Waals surface area contributed by atoms with Crippen LogP contribution in [0.4, 0.5) is 4.39 Å². The molecule has 1 aliphatic carbocycles. The van der Waals surface area contributed by atoms with Crippen LogP contribution in [0.5, 0.6) is 0 Å². The molecule has 0 radical (unpaired) electrons. The predicted molar refractivity (Wildman–Crippen MR) is 92.4 cm³/mol. The first-order chi connectivity index (χ1) is 11.7. The van der Waals surface area contributed by atoms with Crippen LogP contribution in [0.25, 0.3) is 0 Å². The lowest BCUT2D eigenvalue weighted by atomic mass is 9.91. The lowest BCUT2D eigenvalue weighted by Gasteiger charge is -2.30. The van der Waals surface area contributed by atoms with Crippen molar-refractivity contribution in [2.45, 2.75) is 37.8 Å². The van der Waals surface area contributed by atoms with Crippen LogP contribution in [-0.2, 0) is 4.74 Å². The second kappa shape index (κ2) is 8.90. The van der Waals surface area contributed by atoms with Crippen LogP contribution in [-0.4, -0.2) is 55.5 Å². The van der Waals surface area contributed by atoms with Gasteiger partial charge in [-0.1, -0.05) is 25.0 Å². The van der Waals surface area contributed by atoms with Crippen molar-refractivity contribution in [1.29, 1.82) is 0 Å². The maximum atomic E-state index is 13.6. The molecule has 0 amide bonds. The number of rotatable bonds is 7. The van der Waals surface area contributed by atoms with Crippen molar-refractivity contribution >= 4 is 0 Å². The van der Waals surface area contributed by atoms with Crippen LogP contribution in [0, 0.1) is 11.7 Å². The molecular formula is C19H29FN2O2. The molecule has 1 aromatic rings. The summed E-state index contributed by atoms with van der Waals surface area (Å²) in [6, 6.07) is 7.01. The number of nitrogens with zero attached hydrogens (tertiary/aromatic N) is 1. The smallest absolute Gasteiger partial charge is 0.123 e. The zero-order valence-corrected chi connectivity index (χ0v) is 14.3. The fraction of sp³-hybridized carbons (Fsp3) is 0.684. The monoisotopic (exact) mass is 336 g/mol. The summed E-state index contributed by atoms with van der Waals surface area (Å²) in [5, 5.41) is 13.9. The molecule has 0 spiro atoms. The Bertz CT molecular complexity index is 502. The van der Waals surface area contributed by atoms with Crippen molar-refractivity contribution in [3.05, 3.63) is 35.6 Å². The highest BCUT2D eigenvalue weighted by atomic mass is 19.1. The maximum Gasteiger partial charge on any atom is 0.123 e. The Kier molecular flexibility index (Phi) is 6.60. The van der Waals surface area contributed by atoms with Crippen molar-refractivity contribution in [3.8, 4) is 0 Å². The summed E-state index contributed by atoms with van der Waals surface area (Å²) in [6.45, 7) is 4.45. The number of ether oxygens (including phenoxy) is 1. The predicted octanol–water partition coefficient (Wildman–Crippen LogP) is 2.34. The number of β-amino-alcohol motifs (C(OH)–C–C–N with tert-alkyl or cyclic N) is 1. The van der Waals surface area contributed by atoms with E-state index in [9.17, 15) is 9.50 Å². The van der Waals surface area contributed by atoms with Gasteiger partial charge in [0.25, 0.3) is 0 Å². The minimum absolute atomic E-state index is 0.127. The van der Waals surface area contributed by atoms with E-state index in [4.69, 9.17) is 4.74 Å². The molecule has 0 bridgehead atoms. The summed E-state index contributed by atoms with van der Waals surface area (Å²) < 4.78 is 19.0. The number of hydrogen-bond acceptors (Lipinski definition) is 4. The van der Waals surface area contributed by atoms with Crippen molar-refractivity contribution in [2.75, 3.05) is 39.4 Å². The van der Waals surface area contributed by atoms with Gasteiger partial charge in [0.15, 0.2) is 0 Å². The highest BCUT2D eigenvalue weighted by Crippen LogP contribution is 2.35. The highest BCUT2D eigenvalue weighted by Gasteiger charge is 2.27. The summed E-state index contributed by atoms with van der Waals surface area (Å²) in [6.07, 6.45) is 4.42.